The van der Waals surface area contributed by atoms with Crippen molar-refractivity contribution in [2.24, 2.45) is 0 Å². The van der Waals surface area contributed by atoms with Gasteiger partial charge in [-0.05, 0) is 37.6 Å². The summed E-state index contributed by atoms with van der Waals surface area (Å²) in [7, 11) is 0. The zero-order valence-corrected chi connectivity index (χ0v) is 10.4. The molecule has 0 aliphatic carbocycles. The van der Waals surface area contributed by atoms with Crippen LogP contribution < -0.4 is 5.32 Å². The highest BCUT2D eigenvalue weighted by atomic mass is 16.4. The van der Waals surface area contributed by atoms with E-state index in [4.69, 9.17) is 0 Å². The molecular formula is C14H16N2O2. The van der Waals surface area contributed by atoms with Gasteiger partial charge in [-0.2, -0.15) is 0 Å². The van der Waals surface area contributed by atoms with Crippen LogP contribution in [-0.4, -0.2) is 22.1 Å². The fourth-order valence-corrected chi connectivity index (χ4v) is 1.92. The van der Waals surface area contributed by atoms with Crippen molar-refractivity contribution in [2.75, 3.05) is 0 Å². The van der Waals surface area contributed by atoms with Crippen molar-refractivity contribution in [1.29, 1.82) is 0 Å². The first-order valence-electron chi connectivity index (χ1n) is 5.91. The first kappa shape index (κ1) is 12.5. The summed E-state index contributed by atoms with van der Waals surface area (Å²) in [6, 6.07) is 8.73. The highest BCUT2D eigenvalue weighted by Gasteiger charge is 2.20. The van der Waals surface area contributed by atoms with Crippen molar-refractivity contribution in [2.45, 2.75) is 25.9 Å². The van der Waals surface area contributed by atoms with Gasteiger partial charge in [0.15, 0.2) is 0 Å². The minimum absolute atomic E-state index is 0.107. The Hall–Kier alpha value is -1.94. The summed E-state index contributed by atoms with van der Waals surface area (Å²) in [6.07, 6.45) is 1.73. The fraction of sp³-hybridized carbons (Fsp3) is 0.286. The van der Waals surface area contributed by atoms with Crippen molar-refractivity contribution in [3.63, 3.8) is 0 Å². The van der Waals surface area contributed by atoms with Crippen LogP contribution in [-0.2, 0) is 4.79 Å². The summed E-state index contributed by atoms with van der Waals surface area (Å²) in [6.45, 7) is 3.86. The standard InChI is InChI=1S/C14H16N2O2/c1-9(2)16-13(14(17)18)11-5-6-12-10(8-11)4-3-7-15-12/h3-9,13,16H,1-2H3,(H,17,18). The normalized spacial score (nSPS) is 12.8. The van der Waals surface area contributed by atoms with E-state index in [0.29, 0.717) is 0 Å². The molecule has 0 bridgehead atoms. The zero-order chi connectivity index (χ0) is 13.1. The Kier molecular flexibility index (Phi) is 3.58. The second-order valence-electron chi connectivity index (χ2n) is 4.55. The van der Waals surface area contributed by atoms with E-state index in [1.54, 1.807) is 6.20 Å². The lowest BCUT2D eigenvalue weighted by atomic mass is 10.0. The van der Waals surface area contributed by atoms with E-state index in [9.17, 15) is 9.90 Å². The van der Waals surface area contributed by atoms with Crippen LogP contribution in [0, 0.1) is 0 Å². The molecule has 1 heterocycles. The van der Waals surface area contributed by atoms with Gasteiger partial charge in [0.1, 0.15) is 6.04 Å². The van der Waals surface area contributed by atoms with Gasteiger partial charge < -0.3 is 5.11 Å². The minimum atomic E-state index is -0.869. The molecule has 0 radical (unpaired) electrons. The van der Waals surface area contributed by atoms with E-state index in [2.05, 4.69) is 10.3 Å². The van der Waals surface area contributed by atoms with Crippen LogP contribution in [0.2, 0.25) is 0 Å². The molecule has 2 N–H and O–H groups in total. The van der Waals surface area contributed by atoms with E-state index in [-0.39, 0.29) is 6.04 Å². The third-order valence-corrected chi connectivity index (χ3v) is 2.71. The van der Waals surface area contributed by atoms with Crippen LogP contribution in [0.25, 0.3) is 10.9 Å². The Morgan fingerprint density at radius 3 is 2.78 bits per heavy atom. The average Bonchev–Trinajstić information content (AvgIpc) is 2.35. The molecular weight excluding hydrogens is 228 g/mol. The number of hydrogen-bond acceptors (Lipinski definition) is 3. The summed E-state index contributed by atoms with van der Waals surface area (Å²) in [5.41, 5.74) is 1.62. The number of aromatic nitrogens is 1. The second-order valence-corrected chi connectivity index (χ2v) is 4.55. The molecule has 1 aromatic heterocycles. The predicted molar refractivity (Wildman–Crippen MR) is 70.4 cm³/mol. The summed E-state index contributed by atoms with van der Waals surface area (Å²) in [4.78, 5) is 15.5. The smallest absolute Gasteiger partial charge is 0.325 e. The molecule has 1 unspecified atom stereocenters. The number of pyridine rings is 1. The Morgan fingerprint density at radius 1 is 1.33 bits per heavy atom. The first-order valence-corrected chi connectivity index (χ1v) is 5.91. The van der Waals surface area contributed by atoms with E-state index in [1.807, 2.05) is 44.2 Å². The van der Waals surface area contributed by atoms with Gasteiger partial charge in [0, 0.05) is 17.6 Å². The van der Waals surface area contributed by atoms with Crippen LogP contribution in [0.4, 0.5) is 0 Å². The third kappa shape index (κ3) is 2.65. The van der Waals surface area contributed by atoms with Gasteiger partial charge in [0.25, 0.3) is 0 Å². The molecule has 0 aliphatic heterocycles. The maximum atomic E-state index is 11.3. The highest BCUT2D eigenvalue weighted by molar-refractivity contribution is 5.82. The molecule has 94 valence electrons. The first-order chi connectivity index (χ1) is 8.58. The number of aliphatic carboxylic acids is 1. The van der Waals surface area contributed by atoms with Crippen LogP contribution in [0.15, 0.2) is 36.5 Å². The van der Waals surface area contributed by atoms with Crippen LogP contribution in [0.5, 0.6) is 0 Å². The fourth-order valence-electron chi connectivity index (χ4n) is 1.92. The minimum Gasteiger partial charge on any atom is -0.480 e. The molecule has 0 saturated carbocycles. The molecule has 0 fully saturated rings. The maximum absolute atomic E-state index is 11.3. The number of hydrogen-bond donors (Lipinski definition) is 2. The van der Waals surface area contributed by atoms with Crippen molar-refractivity contribution in [1.82, 2.24) is 10.3 Å². The molecule has 0 spiro atoms. The molecule has 4 heteroatoms. The van der Waals surface area contributed by atoms with Crippen LogP contribution in [0.1, 0.15) is 25.5 Å². The number of fused-ring (bicyclic) bond motifs is 1. The molecule has 2 rings (SSSR count). The lowest BCUT2D eigenvalue weighted by Crippen LogP contribution is -2.33. The van der Waals surface area contributed by atoms with Crippen molar-refractivity contribution in [3.05, 3.63) is 42.1 Å². The van der Waals surface area contributed by atoms with Gasteiger partial charge in [-0.15, -0.1) is 0 Å². The number of carbonyl (C=O) groups is 1. The third-order valence-electron chi connectivity index (χ3n) is 2.71. The maximum Gasteiger partial charge on any atom is 0.325 e. The molecule has 2 aromatic rings. The Morgan fingerprint density at radius 2 is 2.11 bits per heavy atom. The highest BCUT2D eigenvalue weighted by Crippen LogP contribution is 2.19. The number of nitrogens with one attached hydrogen (secondary N) is 1. The summed E-state index contributed by atoms with van der Waals surface area (Å²) < 4.78 is 0. The van der Waals surface area contributed by atoms with Crippen LogP contribution >= 0.6 is 0 Å². The van der Waals surface area contributed by atoms with Gasteiger partial charge in [0.05, 0.1) is 5.52 Å². The zero-order valence-electron chi connectivity index (χ0n) is 10.4. The van der Waals surface area contributed by atoms with Gasteiger partial charge in [-0.3, -0.25) is 15.1 Å². The summed E-state index contributed by atoms with van der Waals surface area (Å²) in [5.74, 6) is -0.869. The molecule has 0 aliphatic rings. The van der Waals surface area contributed by atoms with E-state index < -0.39 is 12.0 Å². The van der Waals surface area contributed by atoms with Crippen molar-refractivity contribution >= 4 is 16.9 Å². The second kappa shape index (κ2) is 5.14. The van der Waals surface area contributed by atoms with Crippen LogP contribution in [0.3, 0.4) is 0 Å². The SMILES string of the molecule is CC(C)NC(C(=O)O)c1ccc2ncccc2c1. The summed E-state index contributed by atoms with van der Waals surface area (Å²) in [5, 5.41) is 13.3. The molecule has 0 amide bonds. The van der Waals surface area contributed by atoms with Crippen molar-refractivity contribution < 1.29 is 9.90 Å². The monoisotopic (exact) mass is 244 g/mol. The van der Waals surface area contributed by atoms with Gasteiger partial charge in [-0.1, -0.05) is 12.1 Å². The van der Waals surface area contributed by atoms with E-state index in [1.165, 1.54) is 0 Å². The number of benzene rings is 1. The Labute approximate surface area is 106 Å². The molecule has 1 aromatic carbocycles. The topological polar surface area (TPSA) is 62.2 Å². The lowest BCUT2D eigenvalue weighted by molar-refractivity contribution is -0.139. The Bertz CT molecular complexity index is 566. The molecule has 4 nitrogen and oxygen atoms in total. The molecule has 1 atom stereocenters. The number of rotatable bonds is 4. The quantitative estimate of drug-likeness (QED) is 0.866. The molecule has 0 saturated heterocycles. The molecule has 18 heavy (non-hydrogen) atoms. The van der Waals surface area contributed by atoms with Gasteiger partial charge >= 0.3 is 5.97 Å². The van der Waals surface area contributed by atoms with Gasteiger partial charge in [0.2, 0.25) is 0 Å². The van der Waals surface area contributed by atoms with Gasteiger partial charge in [-0.25, -0.2) is 0 Å². The number of carboxylic acid groups (broad SMARTS) is 1. The largest absolute Gasteiger partial charge is 0.480 e. The van der Waals surface area contributed by atoms with E-state index >= 15 is 0 Å². The lowest BCUT2D eigenvalue weighted by Gasteiger charge is -2.17. The average molecular weight is 244 g/mol. The summed E-state index contributed by atoms with van der Waals surface area (Å²) >= 11 is 0. The van der Waals surface area contributed by atoms with E-state index in [0.717, 1.165) is 16.5 Å². The number of nitrogens with zero attached hydrogens (tertiary/aromatic N) is 1. The predicted octanol–water partition coefficient (Wildman–Crippen LogP) is 2.36. The van der Waals surface area contributed by atoms with Crippen molar-refractivity contribution in [3.8, 4) is 0 Å². The number of carboxylic acids is 1. The Balaban J connectivity index is 2.41.